The third kappa shape index (κ3) is 1.79. The first kappa shape index (κ1) is 11.0. The van der Waals surface area contributed by atoms with Crippen molar-refractivity contribution in [2.75, 3.05) is 6.54 Å². The van der Waals surface area contributed by atoms with Crippen LogP contribution in [0.3, 0.4) is 0 Å². The fourth-order valence-corrected chi connectivity index (χ4v) is 3.09. The van der Waals surface area contributed by atoms with Crippen molar-refractivity contribution >= 4 is 11.6 Å². The molecule has 1 aromatic carbocycles. The van der Waals surface area contributed by atoms with Gasteiger partial charge in [0.2, 0.25) is 0 Å². The average molecular weight is 224 g/mol. The lowest BCUT2D eigenvalue weighted by molar-refractivity contribution is 0.395. The van der Waals surface area contributed by atoms with E-state index < -0.39 is 0 Å². The zero-order valence-electron chi connectivity index (χ0n) is 9.39. The van der Waals surface area contributed by atoms with Crippen LogP contribution in [0.25, 0.3) is 0 Å². The Bertz CT molecular complexity index is 371. The maximum absolute atomic E-state index is 6.31. The van der Waals surface area contributed by atoms with Crippen LogP contribution in [0.1, 0.15) is 43.7 Å². The summed E-state index contributed by atoms with van der Waals surface area (Å²) < 4.78 is 0. The fraction of sp³-hybridized carbons (Fsp3) is 0.538. The number of fused-ring (bicyclic) bond motifs is 1. The van der Waals surface area contributed by atoms with E-state index in [9.17, 15) is 0 Å². The van der Waals surface area contributed by atoms with Gasteiger partial charge in [-0.25, -0.2) is 0 Å². The van der Waals surface area contributed by atoms with E-state index in [2.05, 4.69) is 19.9 Å². The van der Waals surface area contributed by atoms with Gasteiger partial charge in [-0.15, -0.1) is 0 Å². The minimum absolute atomic E-state index is 0.194. The highest BCUT2D eigenvalue weighted by Crippen LogP contribution is 2.45. The molecule has 0 heterocycles. The number of nitrogens with two attached hydrogens (primary N) is 1. The second-order valence-corrected chi connectivity index (χ2v) is 5.47. The number of hydrogen-bond donors (Lipinski definition) is 1. The molecule has 0 bridgehead atoms. The molecule has 2 rings (SSSR count). The number of benzene rings is 1. The highest BCUT2D eigenvalue weighted by molar-refractivity contribution is 6.31. The summed E-state index contributed by atoms with van der Waals surface area (Å²) in [5.41, 5.74) is 8.68. The third-order valence-corrected chi connectivity index (χ3v) is 3.88. The van der Waals surface area contributed by atoms with Gasteiger partial charge in [-0.2, -0.15) is 0 Å². The second-order valence-electron chi connectivity index (χ2n) is 5.06. The minimum Gasteiger partial charge on any atom is -0.330 e. The predicted molar refractivity (Wildman–Crippen MR) is 65.5 cm³/mol. The molecule has 0 aromatic heterocycles. The predicted octanol–water partition coefficient (Wildman–Crippen LogP) is 3.45. The standard InChI is InChI=1S/C13H18ClN/c1-13(2)7-6-9(8-15)10-4-3-5-11(14)12(10)13/h3-5,9H,6-8,15H2,1-2H3. The fourth-order valence-electron chi connectivity index (χ4n) is 2.66. The zero-order chi connectivity index (χ0) is 11.1. The second kappa shape index (κ2) is 3.80. The third-order valence-electron chi connectivity index (χ3n) is 3.56. The molecule has 1 aliphatic carbocycles. The lowest BCUT2D eigenvalue weighted by atomic mass is 9.69. The van der Waals surface area contributed by atoms with Crippen molar-refractivity contribution < 1.29 is 0 Å². The Morgan fingerprint density at radius 2 is 2.20 bits per heavy atom. The Kier molecular flexibility index (Phi) is 2.78. The maximum atomic E-state index is 6.31. The van der Waals surface area contributed by atoms with Crippen LogP contribution in [0.2, 0.25) is 5.02 Å². The van der Waals surface area contributed by atoms with E-state index in [1.165, 1.54) is 24.0 Å². The summed E-state index contributed by atoms with van der Waals surface area (Å²) in [6.45, 7) is 5.26. The smallest absolute Gasteiger partial charge is 0.0446 e. The summed E-state index contributed by atoms with van der Waals surface area (Å²) in [5.74, 6) is 0.492. The van der Waals surface area contributed by atoms with Crippen molar-refractivity contribution in [1.29, 1.82) is 0 Å². The first-order chi connectivity index (χ1) is 7.06. The highest BCUT2D eigenvalue weighted by atomic mass is 35.5. The molecule has 1 aliphatic rings. The molecule has 1 aromatic rings. The van der Waals surface area contributed by atoms with Gasteiger partial charge in [0.1, 0.15) is 0 Å². The summed E-state index contributed by atoms with van der Waals surface area (Å²) in [5, 5.41) is 0.899. The van der Waals surface area contributed by atoms with Gasteiger partial charge in [0.25, 0.3) is 0 Å². The lowest BCUT2D eigenvalue weighted by Gasteiger charge is -2.37. The summed E-state index contributed by atoms with van der Waals surface area (Å²) in [6.07, 6.45) is 2.35. The summed E-state index contributed by atoms with van der Waals surface area (Å²) in [4.78, 5) is 0. The summed E-state index contributed by atoms with van der Waals surface area (Å²) >= 11 is 6.31. The van der Waals surface area contributed by atoms with E-state index in [0.717, 1.165) is 11.6 Å². The Labute approximate surface area is 96.6 Å². The van der Waals surface area contributed by atoms with E-state index in [1.807, 2.05) is 12.1 Å². The van der Waals surface area contributed by atoms with E-state index in [1.54, 1.807) is 0 Å². The quantitative estimate of drug-likeness (QED) is 0.776. The maximum Gasteiger partial charge on any atom is 0.0446 e. The summed E-state index contributed by atoms with van der Waals surface area (Å²) in [7, 11) is 0. The van der Waals surface area contributed by atoms with E-state index in [-0.39, 0.29) is 5.41 Å². The van der Waals surface area contributed by atoms with Crippen molar-refractivity contribution in [3.05, 3.63) is 34.3 Å². The van der Waals surface area contributed by atoms with E-state index >= 15 is 0 Å². The first-order valence-corrected chi connectivity index (χ1v) is 5.93. The summed E-state index contributed by atoms with van der Waals surface area (Å²) in [6, 6.07) is 6.20. The molecule has 0 aliphatic heterocycles. The van der Waals surface area contributed by atoms with Crippen LogP contribution in [-0.4, -0.2) is 6.54 Å². The molecule has 0 amide bonds. The minimum atomic E-state index is 0.194. The topological polar surface area (TPSA) is 26.0 Å². The molecule has 2 N–H and O–H groups in total. The van der Waals surface area contributed by atoms with Gasteiger partial charge in [0.15, 0.2) is 0 Å². The molecule has 0 spiro atoms. The molecular formula is C13H18ClN. The Balaban J connectivity index is 2.58. The molecule has 0 saturated carbocycles. The molecule has 1 atom stereocenters. The molecule has 0 radical (unpaired) electrons. The van der Waals surface area contributed by atoms with Gasteiger partial charge < -0.3 is 5.73 Å². The zero-order valence-corrected chi connectivity index (χ0v) is 10.1. The Morgan fingerprint density at radius 1 is 1.47 bits per heavy atom. The Morgan fingerprint density at radius 3 is 2.87 bits per heavy atom. The van der Waals surface area contributed by atoms with Crippen LogP contribution in [-0.2, 0) is 5.41 Å². The largest absolute Gasteiger partial charge is 0.330 e. The Hall–Kier alpha value is -0.530. The van der Waals surface area contributed by atoms with Crippen LogP contribution in [0.4, 0.5) is 0 Å². The molecule has 82 valence electrons. The van der Waals surface area contributed by atoms with Gasteiger partial charge in [0.05, 0.1) is 0 Å². The highest BCUT2D eigenvalue weighted by Gasteiger charge is 2.33. The molecule has 0 fully saturated rings. The molecule has 2 heteroatoms. The molecule has 0 saturated heterocycles. The lowest BCUT2D eigenvalue weighted by Crippen LogP contribution is -2.29. The van der Waals surface area contributed by atoms with E-state index in [0.29, 0.717) is 5.92 Å². The van der Waals surface area contributed by atoms with Gasteiger partial charge in [-0.1, -0.05) is 37.6 Å². The normalized spacial score (nSPS) is 23.6. The van der Waals surface area contributed by atoms with Crippen LogP contribution in [0, 0.1) is 0 Å². The van der Waals surface area contributed by atoms with E-state index in [4.69, 9.17) is 17.3 Å². The molecular weight excluding hydrogens is 206 g/mol. The van der Waals surface area contributed by atoms with Gasteiger partial charge >= 0.3 is 0 Å². The van der Waals surface area contributed by atoms with Crippen molar-refractivity contribution in [1.82, 2.24) is 0 Å². The number of hydrogen-bond acceptors (Lipinski definition) is 1. The van der Waals surface area contributed by atoms with Crippen LogP contribution in [0.15, 0.2) is 18.2 Å². The first-order valence-electron chi connectivity index (χ1n) is 5.55. The van der Waals surface area contributed by atoms with Gasteiger partial charge in [-0.05, 0) is 47.9 Å². The monoisotopic (exact) mass is 223 g/mol. The van der Waals surface area contributed by atoms with Crippen molar-refractivity contribution in [3.63, 3.8) is 0 Å². The number of rotatable bonds is 1. The average Bonchev–Trinajstić information content (AvgIpc) is 2.17. The SMILES string of the molecule is CC1(C)CCC(CN)c2cccc(Cl)c21. The van der Waals surface area contributed by atoms with Crippen molar-refractivity contribution in [2.45, 2.75) is 38.0 Å². The molecule has 15 heavy (non-hydrogen) atoms. The molecule has 1 nitrogen and oxygen atoms in total. The molecule has 1 unspecified atom stereocenters. The van der Waals surface area contributed by atoms with Crippen LogP contribution < -0.4 is 5.73 Å². The van der Waals surface area contributed by atoms with Crippen molar-refractivity contribution in [3.8, 4) is 0 Å². The van der Waals surface area contributed by atoms with Crippen molar-refractivity contribution in [2.24, 2.45) is 5.73 Å². The van der Waals surface area contributed by atoms with Gasteiger partial charge in [0, 0.05) is 5.02 Å². The van der Waals surface area contributed by atoms with Crippen LogP contribution >= 0.6 is 11.6 Å². The van der Waals surface area contributed by atoms with Gasteiger partial charge in [-0.3, -0.25) is 0 Å². The number of halogens is 1. The van der Waals surface area contributed by atoms with Crippen LogP contribution in [0.5, 0.6) is 0 Å².